The summed E-state index contributed by atoms with van der Waals surface area (Å²) in [4.78, 5) is 10.1. The van der Waals surface area contributed by atoms with Gasteiger partial charge >= 0.3 is 6.61 Å². The minimum atomic E-state index is -3.11. The van der Waals surface area contributed by atoms with Crippen molar-refractivity contribution in [1.82, 2.24) is 9.78 Å². The predicted molar refractivity (Wildman–Crippen MR) is 74.6 cm³/mol. The molecule has 22 heavy (non-hydrogen) atoms. The fourth-order valence-corrected chi connectivity index (χ4v) is 2.59. The lowest BCUT2D eigenvalue weighted by atomic mass is 10.1. The summed E-state index contributed by atoms with van der Waals surface area (Å²) in [5.74, 6) is -1.24. The van der Waals surface area contributed by atoms with Gasteiger partial charge in [-0.1, -0.05) is 11.6 Å². The summed E-state index contributed by atoms with van der Waals surface area (Å²) in [5, 5.41) is 14.3. The second-order valence-corrected chi connectivity index (χ2v) is 5.21. The lowest BCUT2D eigenvalue weighted by molar-refractivity contribution is -0.384. The lowest BCUT2D eigenvalue weighted by Gasteiger charge is -2.04. The van der Waals surface area contributed by atoms with Gasteiger partial charge < -0.3 is 4.74 Å². The Morgan fingerprint density at radius 2 is 2.14 bits per heavy atom. The van der Waals surface area contributed by atoms with Gasteiger partial charge in [0.2, 0.25) is 5.88 Å². The van der Waals surface area contributed by atoms with Crippen molar-refractivity contribution in [3.63, 3.8) is 0 Å². The zero-order valence-corrected chi connectivity index (χ0v) is 13.0. The molecule has 0 atom stereocenters. The summed E-state index contributed by atoms with van der Waals surface area (Å²) in [5.41, 5.74) is -0.940. The molecule has 2 aromatic rings. The molecule has 0 aliphatic rings. The molecule has 0 saturated carbocycles. The molecule has 0 N–H and O–H groups in total. The van der Waals surface area contributed by atoms with E-state index in [4.69, 9.17) is 11.6 Å². The molecule has 6 nitrogen and oxygen atoms in total. The van der Waals surface area contributed by atoms with Crippen LogP contribution in [0, 0.1) is 15.9 Å². The van der Waals surface area contributed by atoms with E-state index < -0.39 is 23.0 Å². The third-order valence-electron chi connectivity index (χ3n) is 2.63. The number of halogens is 5. The van der Waals surface area contributed by atoms with Crippen LogP contribution in [-0.4, -0.2) is 21.3 Å². The quantitative estimate of drug-likeness (QED) is 0.571. The van der Waals surface area contributed by atoms with E-state index in [0.717, 1.165) is 16.8 Å². The third kappa shape index (κ3) is 3.02. The number of benzene rings is 1. The highest BCUT2D eigenvalue weighted by Crippen LogP contribution is 2.39. The van der Waals surface area contributed by atoms with Crippen molar-refractivity contribution in [1.29, 1.82) is 0 Å². The van der Waals surface area contributed by atoms with E-state index in [0.29, 0.717) is 0 Å². The number of nitrogens with zero attached hydrogens (tertiary/aromatic N) is 3. The number of aromatic nitrogens is 2. The Balaban J connectivity index is 2.62. The number of ether oxygens (including phenoxy) is 1. The number of hydrogen-bond acceptors (Lipinski definition) is 4. The van der Waals surface area contributed by atoms with Crippen molar-refractivity contribution in [2.24, 2.45) is 7.05 Å². The van der Waals surface area contributed by atoms with Gasteiger partial charge in [0.05, 0.1) is 4.92 Å². The maximum Gasteiger partial charge on any atom is 0.388 e. The second-order valence-electron chi connectivity index (χ2n) is 4.01. The van der Waals surface area contributed by atoms with Crippen LogP contribution in [0.4, 0.5) is 18.9 Å². The molecule has 0 spiro atoms. The second kappa shape index (κ2) is 6.13. The maximum atomic E-state index is 14.0. The zero-order valence-electron chi connectivity index (χ0n) is 10.7. The minimum Gasteiger partial charge on any atom is -0.416 e. The van der Waals surface area contributed by atoms with Crippen LogP contribution in [0.2, 0.25) is 5.02 Å². The number of alkyl halides is 2. The summed E-state index contributed by atoms with van der Waals surface area (Å²) in [6.45, 7) is -3.11. The Bertz CT molecular complexity index is 754. The summed E-state index contributed by atoms with van der Waals surface area (Å²) >= 11 is 8.56. The van der Waals surface area contributed by atoms with E-state index in [-0.39, 0.29) is 26.6 Å². The van der Waals surface area contributed by atoms with E-state index in [9.17, 15) is 23.3 Å². The number of nitro benzene ring substituents is 1. The molecule has 1 aromatic carbocycles. The highest BCUT2D eigenvalue weighted by atomic mass is 79.9. The maximum absolute atomic E-state index is 14.0. The Labute approximate surface area is 134 Å². The molecule has 2 rings (SSSR count). The molecule has 1 aromatic heterocycles. The Morgan fingerprint density at radius 1 is 1.50 bits per heavy atom. The fraction of sp³-hybridized carbons (Fsp3) is 0.182. The molecule has 0 fully saturated rings. The number of aryl methyl sites for hydroxylation is 1. The van der Waals surface area contributed by atoms with Gasteiger partial charge in [0, 0.05) is 24.7 Å². The first-order chi connectivity index (χ1) is 10.2. The topological polar surface area (TPSA) is 70.2 Å². The normalized spacial score (nSPS) is 11.0. The summed E-state index contributed by atoms with van der Waals surface area (Å²) in [6, 6.07) is 1.63. The van der Waals surface area contributed by atoms with Crippen LogP contribution in [0.1, 0.15) is 0 Å². The summed E-state index contributed by atoms with van der Waals surface area (Å²) < 4.78 is 43.8. The highest BCUT2D eigenvalue weighted by Gasteiger charge is 2.25. The molecule has 11 heteroatoms. The van der Waals surface area contributed by atoms with Gasteiger partial charge in [-0.2, -0.15) is 13.9 Å². The van der Waals surface area contributed by atoms with Crippen LogP contribution >= 0.6 is 27.5 Å². The van der Waals surface area contributed by atoms with Gasteiger partial charge in [-0.15, -0.1) is 0 Å². The van der Waals surface area contributed by atoms with E-state index in [1.807, 2.05) is 0 Å². The first-order valence-corrected chi connectivity index (χ1v) is 6.70. The molecule has 0 amide bonds. The van der Waals surface area contributed by atoms with Crippen LogP contribution in [0.5, 0.6) is 5.88 Å². The number of rotatable bonds is 4. The molecule has 0 radical (unpaired) electrons. The van der Waals surface area contributed by atoms with Crippen LogP contribution in [-0.2, 0) is 7.05 Å². The fourth-order valence-electron chi connectivity index (χ4n) is 1.73. The zero-order chi connectivity index (χ0) is 16.6. The average Bonchev–Trinajstić information content (AvgIpc) is 2.66. The van der Waals surface area contributed by atoms with Crippen molar-refractivity contribution in [2.75, 3.05) is 0 Å². The SMILES string of the molecule is Cn1nc(-c2cc([N+](=O)[O-])c(Cl)cc2F)c(Br)c1OC(F)F. The van der Waals surface area contributed by atoms with E-state index in [1.165, 1.54) is 7.05 Å². The van der Waals surface area contributed by atoms with Crippen molar-refractivity contribution >= 4 is 33.2 Å². The van der Waals surface area contributed by atoms with Crippen LogP contribution in [0.3, 0.4) is 0 Å². The Hall–Kier alpha value is -1.81. The molecule has 0 bridgehead atoms. The van der Waals surface area contributed by atoms with Gasteiger partial charge in [0.25, 0.3) is 5.69 Å². The van der Waals surface area contributed by atoms with E-state index in [2.05, 4.69) is 25.8 Å². The van der Waals surface area contributed by atoms with E-state index in [1.54, 1.807) is 0 Å². The summed E-state index contributed by atoms with van der Waals surface area (Å²) in [7, 11) is 1.30. The highest BCUT2D eigenvalue weighted by molar-refractivity contribution is 9.10. The van der Waals surface area contributed by atoms with Gasteiger partial charge in [-0.3, -0.25) is 10.1 Å². The predicted octanol–water partition coefficient (Wildman–Crippen LogP) is 4.15. The first kappa shape index (κ1) is 16.6. The molecule has 0 unspecified atom stereocenters. The molecular formula is C11H6BrClF3N3O3. The van der Waals surface area contributed by atoms with Crippen LogP contribution in [0.25, 0.3) is 11.3 Å². The molecule has 118 valence electrons. The van der Waals surface area contributed by atoms with Gasteiger partial charge in [-0.25, -0.2) is 9.07 Å². The van der Waals surface area contributed by atoms with Gasteiger partial charge in [0.15, 0.2) is 0 Å². The minimum absolute atomic E-state index is 0.0641. The largest absolute Gasteiger partial charge is 0.416 e. The molecule has 0 aliphatic carbocycles. The molecule has 1 heterocycles. The van der Waals surface area contributed by atoms with Crippen LogP contribution < -0.4 is 4.74 Å². The number of hydrogen-bond donors (Lipinski definition) is 0. The van der Waals surface area contributed by atoms with Crippen LogP contribution in [0.15, 0.2) is 16.6 Å². The first-order valence-electron chi connectivity index (χ1n) is 5.53. The van der Waals surface area contributed by atoms with E-state index >= 15 is 0 Å². The van der Waals surface area contributed by atoms with Gasteiger partial charge in [-0.05, 0) is 15.9 Å². The van der Waals surface area contributed by atoms with Crippen molar-refractivity contribution < 1.29 is 22.8 Å². The molecule has 0 aliphatic heterocycles. The van der Waals surface area contributed by atoms with Gasteiger partial charge in [0.1, 0.15) is 21.0 Å². The summed E-state index contributed by atoms with van der Waals surface area (Å²) in [6.07, 6.45) is 0. The standard InChI is InChI=1S/C11H6BrClF3N3O3/c1-18-10(22-11(15)16)8(12)9(17-18)4-2-7(19(20)21)5(13)3-6(4)14/h2-3,11H,1H3. The Morgan fingerprint density at radius 3 is 2.68 bits per heavy atom. The lowest BCUT2D eigenvalue weighted by Crippen LogP contribution is -2.06. The smallest absolute Gasteiger partial charge is 0.388 e. The van der Waals surface area contributed by atoms with Crippen molar-refractivity contribution in [3.8, 4) is 17.1 Å². The number of nitro groups is 1. The molecule has 0 saturated heterocycles. The monoisotopic (exact) mass is 399 g/mol. The third-order valence-corrected chi connectivity index (χ3v) is 3.65. The Kier molecular flexibility index (Phi) is 4.61. The average molecular weight is 401 g/mol. The van der Waals surface area contributed by atoms with Crippen molar-refractivity contribution in [2.45, 2.75) is 6.61 Å². The van der Waals surface area contributed by atoms with Crippen molar-refractivity contribution in [3.05, 3.63) is 37.6 Å². The molecular weight excluding hydrogens is 394 g/mol.